The van der Waals surface area contributed by atoms with E-state index in [0.29, 0.717) is 25.9 Å². The number of carbonyl (C=O) groups excluding carboxylic acids is 3. The van der Waals surface area contributed by atoms with Crippen LogP contribution in [0.3, 0.4) is 0 Å². The van der Waals surface area contributed by atoms with Crippen LogP contribution in [0.15, 0.2) is 30.3 Å². The minimum absolute atomic E-state index is 0.273. The van der Waals surface area contributed by atoms with Gasteiger partial charge in [-0.05, 0) is 51.0 Å². The highest BCUT2D eigenvalue weighted by Crippen LogP contribution is 2.36. The van der Waals surface area contributed by atoms with Crippen molar-refractivity contribution in [3.8, 4) is 0 Å². The molecule has 0 aliphatic carbocycles. The lowest BCUT2D eigenvalue weighted by molar-refractivity contribution is -0.144. The maximum atomic E-state index is 13.9. The lowest BCUT2D eigenvalue weighted by Crippen LogP contribution is -2.60. The van der Waals surface area contributed by atoms with E-state index in [9.17, 15) is 24.3 Å². The second kappa shape index (κ2) is 11.8. The van der Waals surface area contributed by atoms with Crippen molar-refractivity contribution in [1.29, 1.82) is 0 Å². The molecule has 1 aromatic carbocycles. The zero-order chi connectivity index (χ0) is 27.3. The van der Waals surface area contributed by atoms with Crippen molar-refractivity contribution in [2.45, 2.75) is 84.4 Å². The van der Waals surface area contributed by atoms with Crippen molar-refractivity contribution in [3.63, 3.8) is 0 Å². The molecule has 1 aliphatic rings. The number of carboxylic acids is 1. The molecule has 1 fully saturated rings. The predicted molar refractivity (Wildman–Crippen MR) is 136 cm³/mol. The highest BCUT2D eigenvalue weighted by Gasteiger charge is 2.45. The summed E-state index contributed by atoms with van der Waals surface area (Å²) in [5.41, 5.74) is -0.763. The molecule has 3 N–H and O–H groups in total. The Kier molecular flexibility index (Phi) is 9.51. The Morgan fingerprint density at radius 1 is 0.917 bits per heavy atom. The summed E-state index contributed by atoms with van der Waals surface area (Å²) in [4.78, 5) is 52.7. The second-order valence-electron chi connectivity index (χ2n) is 11.2. The third kappa shape index (κ3) is 7.21. The molecule has 0 unspecified atom stereocenters. The first-order valence-electron chi connectivity index (χ1n) is 12.6. The maximum Gasteiger partial charge on any atom is 0.410 e. The van der Waals surface area contributed by atoms with Crippen molar-refractivity contribution in [2.24, 2.45) is 11.8 Å². The van der Waals surface area contributed by atoms with Crippen molar-refractivity contribution < 1.29 is 29.0 Å². The largest absolute Gasteiger partial charge is 0.480 e. The van der Waals surface area contributed by atoms with Gasteiger partial charge in [-0.1, -0.05) is 58.0 Å². The van der Waals surface area contributed by atoms with Crippen LogP contribution in [0, 0.1) is 11.8 Å². The van der Waals surface area contributed by atoms with Gasteiger partial charge in [0.25, 0.3) is 0 Å². The lowest BCUT2D eigenvalue weighted by atomic mass is 9.71. The van der Waals surface area contributed by atoms with Crippen LogP contribution in [0.5, 0.6) is 0 Å². The quantitative estimate of drug-likeness (QED) is 0.500. The van der Waals surface area contributed by atoms with E-state index in [1.54, 1.807) is 32.6 Å². The third-order valence-corrected chi connectivity index (χ3v) is 6.50. The molecule has 9 heteroatoms. The molecule has 0 bridgehead atoms. The molecule has 1 aliphatic heterocycles. The molecule has 1 heterocycles. The fourth-order valence-corrected chi connectivity index (χ4v) is 4.37. The molecular formula is C27H41N3O6. The van der Waals surface area contributed by atoms with Crippen LogP contribution < -0.4 is 10.6 Å². The number of likely N-dealkylation sites (tertiary alicyclic amines) is 1. The number of ether oxygens (including phenoxy) is 1. The van der Waals surface area contributed by atoms with Gasteiger partial charge < -0.3 is 25.4 Å². The number of nitrogens with zero attached hydrogens (tertiary/aromatic N) is 1. The van der Waals surface area contributed by atoms with E-state index in [0.717, 1.165) is 5.56 Å². The fraction of sp³-hybridized carbons (Fsp3) is 0.630. The summed E-state index contributed by atoms with van der Waals surface area (Å²) in [5, 5.41) is 15.0. The lowest BCUT2D eigenvalue weighted by Gasteiger charge is -2.42. The van der Waals surface area contributed by atoms with Gasteiger partial charge in [0.05, 0.1) is 5.41 Å². The molecule has 200 valence electrons. The molecule has 1 aromatic rings. The molecular weight excluding hydrogens is 462 g/mol. The van der Waals surface area contributed by atoms with Crippen LogP contribution in [0.25, 0.3) is 0 Å². The average Bonchev–Trinajstić information content (AvgIpc) is 2.79. The number of carboxylic acid groups (broad SMARTS) is 1. The first-order valence-corrected chi connectivity index (χ1v) is 12.6. The summed E-state index contributed by atoms with van der Waals surface area (Å²) >= 11 is 0. The Labute approximate surface area is 214 Å². The van der Waals surface area contributed by atoms with E-state index >= 15 is 0 Å². The number of piperidine rings is 1. The smallest absolute Gasteiger partial charge is 0.410 e. The normalized spacial score (nSPS) is 17.3. The summed E-state index contributed by atoms with van der Waals surface area (Å²) in [5.74, 6) is -2.56. The van der Waals surface area contributed by atoms with E-state index in [1.807, 2.05) is 51.1 Å². The number of hydrogen-bond donors (Lipinski definition) is 3. The number of nitrogens with one attached hydrogen (secondary N) is 2. The van der Waals surface area contributed by atoms with Crippen LogP contribution in [0.1, 0.15) is 66.9 Å². The van der Waals surface area contributed by atoms with Crippen molar-refractivity contribution in [1.82, 2.24) is 15.5 Å². The average molecular weight is 504 g/mol. The van der Waals surface area contributed by atoms with Gasteiger partial charge in [0.15, 0.2) is 0 Å². The Morgan fingerprint density at radius 3 is 1.89 bits per heavy atom. The van der Waals surface area contributed by atoms with Gasteiger partial charge in [-0.3, -0.25) is 9.59 Å². The van der Waals surface area contributed by atoms with Gasteiger partial charge in [-0.2, -0.15) is 0 Å². The summed E-state index contributed by atoms with van der Waals surface area (Å²) in [6.45, 7) is 13.1. The first-order chi connectivity index (χ1) is 16.7. The van der Waals surface area contributed by atoms with E-state index < -0.39 is 41.1 Å². The molecule has 0 aromatic heterocycles. The van der Waals surface area contributed by atoms with Gasteiger partial charge in [0.1, 0.15) is 17.7 Å². The molecule has 2 atom stereocenters. The predicted octanol–water partition coefficient (Wildman–Crippen LogP) is 3.32. The summed E-state index contributed by atoms with van der Waals surface area (Å²) in [6, 6.07) is 7.37. The molecule has 0 saturated carbocycles. The number of amides is 3. The van der Waals surface area contributed by atoms with E-state index in [1.165, 1.54) is 0 Å². The fourth-order valence-electron chi connectivity index (χ4n) is 4.37. The topological polar surface area (TPSA) is 125 Å². The maximum absolute atomic E-state index is 13.9. The molecule has 0 spiro atoms. The van der Waals surface area contributed by atoms with Crippen molar-refractivity contribution in [3.05, 3.63) is 35.9 Å². The van der Waals surface area contributed by atoms with Crippen LogP contribution in [-0.2, 0) is 24.5 Å². The molecule has 0 radical (unpaired) electrons. The second-order valence-corrected chi connectivity index (χ2v) is 11.2. The number of rotatable bonds is 8. The standard InChI is InChI=1S/C27H41N3O6/c1-17(2)20(22(31)28-21(18(3)4)23(32)33)29-24(34)27(19-11-9-8-10-12-19)13-15-30(16-14-27)25(35)36-26(5,6)7/h8-12,17-18,20-21H,13-16H2,1-7H3,(H,28,31)(H,29,34)(H,32,33)/t20-,21-/m1/s1. The summed E-state index contributed by atoms with van der Waals surface area (Å²) in [7, 11) is 0. The number of aliphatic carboxylic acids is 1. The minimum atomic E-state index is -1.12. The molecule has 36 heavy (non-hydrogen) atoms. The Hall–Kier alpha value is -3.10. The molecule has 9 nitrogen and oxygen atoms in total. The number of hydrogen-bond acceptors (Lipinski definition) is 5. The van der Waals surface area contributed by atoms with Gasteiger partial charge in [-0.25, -0.2) is 9.59 Å². The Balaban J connectivity index is 2.28. The summed E-state index contributed by atoms with van der Waals surface area (Å²) in [6.07, 6.45) is 0.300. The van der Waals surface area contributed by atoms with Gasteiger partial charge in [-0.15, -0.1) is 0 Å². The van der Waals surface area contributed by atoms with Gasteiger partial charge in [0.2, 0.25) is 11.8 Å². The zero-order valence-electron chi connectivity index (χ0n) is 22.5. The summed E-state index contributed by atoms with van der Waals surface area (Å²) < 4.78 is 5.50. The SMILES string of the molecule is CC(C)[C@@H](NC(=O)[C@H](NC(=O)C1(c2ccccc2)CCN(C(=O)OC(C)(C)C)CC1)C(C)C)C(=O)O. The first kappa shape index (κ1) is 29.1. The van der Waals surface area contributed by atoms with E-state index in [2.05, 4.69) is 10.6 Å². The molecule has 2 rings (SSSR count). The monoisotopic (exact) mass is 503 g/mol. The Bertz CT molecular complexity index is 931. The van der Waals surface area contributed by atoms with Crippen molar-refractivity contribution >= 4 is 23.9 Å². The minimum Gasteiger partial charge on any atom is -0.480 e. The highest BCUT2D eigenvalue weighted by atomic mass is 16.6. The van der Waals surface area contributed by atoms with Crippen LogP contribution in [0.4, 0.5) is 4.79 Å². The van der Waals surface area contributed by atoms with Crippen molar-refractivity contribution in [2.75, 3.05) is 13.1 Å². The van der Waals surface area contributed by atoms with Gasteiger partial charge in [0, 0.05) is 13.1 Å². The van der Waals surface area contributed by atoms with Crippen LogP contribution in [-0.4, -0.2) is 64.7 Å². The van der Waals surface area contributed by atoms with Gasteiger partial charge >= 0.3 is 12.1 Å². The molecule has 3 amide bonds. The Morgan fingerprint density at radius 2 is 1.44 bits per heavy atom. The third-order valence-electron chi connectivity index (χ3n) is 6.50. The number of benzene rings is 1. The molecule has 1 saturated heterocycles. The highest BCUT2D eigenvalue weighted by molar-refractivity contribution is 5.94. The zero-order valence-corrected chi connectivity index (χ0v) is 22.5. The number of carbonyl (C=O) groups is 4. The van der Waals surface area contributed by atoms with E-state index in [-0.39, 0.29) is 17.7 Å². The van der Waals surface area contributed by atoms with E-state index in [4.69, 9.17) is 4.74 Å². The van der Waals surface area contributed by atoms with Crippen LogP contribution in [0.2, 0.25) is 0 Å². The van der Waals surface area contributed by atoms with Crippen LogP contribution >= 0.6 is 0 Å².